The lowest BCUT2D eigenvalue weighted by Crippen LogP contribution is -2.08. The Morgan fingerprint density at radius 1 is 1.03 bits per heavy atom. The minimum atomic E-state index is -1.23. The number of benzene rings is 2. The fourth-order valence-electron chi connectivity index (χ4n) is 2.78. The van der Waals surface area contributed by atoms with Crippen LogP contribution < -0.4 is 9.47 Å². The Bertz CT molecular complexity index is 908. The fraction of sp³-hybridized carbons (Fsp3) is 0.333. The predicted octanol–water partition coefficient (Wildman–Crippen LogP) is 4.56. The topological polar surface area (TPSA) is 113 Å². The van der Waals surface area contributed by atoms with Crippen molar-refractivity contribution in [1.82, 2.24) is 0 Å². The maximum atomic E-state index is 11.6. The molecule has 29 heavy (non-hydrogen) atoms. The number of aromatic hydroxyl groups is 2. The van der Waals surface area contributed by atoms with Crippen LogP contribution >= 0.6 is 15.9 Å². The van der Waals surface area contributed by atoms with Gasteiger partial charge in [-0.2, -0.15) is 0 Å². The van der Waals surface area contributed by atoms with Crippen LogP contribution in [0.2, 0.25) is 0 Å². The molecular formula is C21H23BrO7. The number of hydrogen-bond acceptors (Lipinski definition) is 6. The molecule has 8 heteroatoms. The van der Waals surface area contributed by atoms with Gasteiger partial charge < -0.3 is 24.8 Å². The first-order valence-electron chi connectivity index (χ1n) is 9.13. The Hall–Kier alpha value is -2.74. The number of carbonyl (C=O) groups excluding carboxylic acids is 1. The van der Waals surface area contributed by atoms with E-state index >= 15 is 0 Å². The number of carboxylic acids is 1. The van der Waals surface area contributed by atoms with E-state index in [2.05, 4.69) is 15.9 Å². The van der Waals surface area contributed by atoms with Crippen LogP contribution in [0.25, 0.3) is 0 Å². The summed E-state index contributed by atoms with van der Waals surface area (Å²) >= 11 is 3.22. The smallest absolute Gasteiger partial charge is 0.339 e. The molecule has 0 bridgehead atoms. The Labute approximate surface area is 177 Å². The number of halogens is 1. The number of rotatable bonds is 10. The second kappa shape index (κ2) is 10.2. The molecule has 0 aliphatic heterocycles. The van der Waals surface area contributed by atoms with Gasteiger partial charge in [0.1, 0.15) is 28.6 Å². The molecule has 0 atom stereocenters. The zero-order valence-corrected chi connectivity index (χ0v) is 17.8. The van der Waals surface area contributed by atoms with E-state index in [9.17, 15) is 19.8 Å². The monoisotopic (exact) mass is 466 g/mol. The van der Waals surface area contributed by atoms with E-state index in [0.29, 0.717) is 41.0 Å². The molecular weight excluding hydrogens is 444 g/mol. The fourth-order valence-corrected chi connectivity index (χ4v) is 3.23. The van der Waals surface area contributed by atoms with Gasteiger partial charge in [0.25, 0.3) is 0 Å². The second-order valence-electron chi connectivity index (χ2n) is 6.40. The van der Waals surface area contributed by atoms with Crippen molar-refractivity contribution in [2.75, 3.05) is 13.2 Å². The molecule has 0 aromatic heterocycles. The number of carboxylic acid groups (broad SMARTS) is 1. The largest absolute Gasteiger partial charge is 0.507 e. The molecule has 0 heterocycles. The summed E-state index contributed by atoms with van der Waals surface area (Å²) < 4.78 is 11.7. The van der Waals surface area contributed by atoms with E-state index in [1.54, 1.807) is 12.1 Å². The van der Waals surface area contributed by atoms with Crippen molar-refractivity contribution in [2.45, 2.75) is 33.1 Å². The van der Waals surface area contributed by atoms with Crippen LogP contribution in [0, 0.1) is 0 Å². The van der Waals surface area contributed by atoms with Gasteiger partial charge in [0.15, 0.2) is 5.78 Å². The highest BCUT2D eigenvalue weighted by molar-refractivity contribution is 9.10. The predicted molar refractivity (Wildman–Crippen MR) is 110 cm³/mol. The minimum Gasteiger partial charge on any atom is -0.507 e. The average Bonchev–Trinajstić information content (AvgIpc) is 2.65. The number of ketones is 1. The summed E-state index contributed by atoms with van der Waals surface area (Å²) in [5.41, 5.74) is 0.668. The van der Waals surface area contributed by atoms with Crippen molar-refractivity contribution >= 4 is 27.7 Å². The van der Waals surface area contributed by atoms with Crippen LogP contribution in [0.15, 0.2) is 28.7 Å². The lowest BCUT2D eigenvalue weighted by Gasteiger charge is -2.15. The molecule has 3 N–H and O–H groups in total. The molecule has 0 fully saturated rings. The summed E-state index contributed by atoms with van der Waals surface area (Å²) in [6, 6.07) is 5.75. The number of aromatic carboxylic acids is 1. The van der Waals surface area contributed by atoms with Crippen LogP contribution in [0.3, 0.4) is 0 Å². The van der Waals surface area contributed by atoms with E-state index in [1.807, 2.05) is 6.92 Å². The number of ether oxygens (including phenoxy) is 2. The Morgan fingerprint density at radius 2 is 1.69 bits per heavy atom. The Balaban J connectivity index is 1.96. The standard InChI is InChI=1S/C21H23BrO7/c1-3-5-14-18(7-6-13(12(2)23)20(14)25)28-8-4-9-29-19-11-17(24)15(21(26)27)10-16(19)22/h6-7,10-11,24-25H,3-5,8-9H2,1-2H3,(H,26,27). The van der Waals surface area contributed by atoms with Crippen LogP contribution in [-0.4, -0.2) is 40.3 Å². The molecule has 2 aromatic rings. The molecule has 0 saturated carbocycles. The number of hydrogen-bond donors (Lipinski definition) is 3. The van der Waals surface area contributed by atoms with Crippen molar-refractivity contribution in [3.05, 3.63) is 45.4 Å². The van der Waals surface area contributed by atoms with Crippen LogP contribution in [-0.2, 0) is 6.42 Å². The summed E-state index contributed by atoms with van der Waals surface area (Å²) in [7, 11) is 0. The van der Waals surface area contributed by atoms with E-state index in [-0.39, 0.29) is 35.0 Å². The SMILES string of the molecule is CCCc1c(OCCCOc2cc(O)c(C(=O)O)cc2Br)ccc(C(C)=O)c1O. The van der Waals surface area contributed by atoms with Gasteiger partial charge in [-0.05, 0) is 47.5 Å². The van der Waals surface area contributed by atoms with Crippen molar-refractivity contribution in [3.63, 3.8) is 0 Å². The lowest BCUT2D eigenvalue weighted by atomic mass is 10.0. The maximum absolute atomic E-state index is 11.6. The third-order valence-electron chi connectivity index (χ3n) is 4.20. The number of phenolic OH excluding ortho intramolecular Hbond substituents is 1. The molecule has 0 spiro atoms. The first-order valence-corrected chi connectivity index (χ1v) is 9.92. The molecule has 0 amide bonds. The number of phenols is 2. The van der Waals surface area contributed by atoms with Crippen molar-refractivity contribution in [2.24, 2.45) is 0 Å². The molecule has 2 aromatic carbocycles. The van der Waals surface area contributed by atoms with Gasteiger partial charge in [-0.25, -0.2) is 4.79 Å². The van der Waals surface area contributed by atoms with Crippen molar-refractivity contribution < 1.29 is 34.4 Å². The molecule has 156 valence electrons. The average molecular weight is 467 g/mol. The highest BCUT2D eigenvalue weighted by atomic mass is 79.9. The number of carbonyl (C=O) groups is 2. The molecule has 0 aliphatic rings. The highest BCUT2D eigenvalue weighted by Gasteiger charge is 2.16. The van der Waals surface area contributed by atoms with E-state index in [4.69, 9.17) is 14.6 Å². The molecule has 2 rings (SSSR count). The maximum Gasteiger partial charge on any atom is 0.339 e. The summed E-state index contributed by atoms with van der Waals surface area (Å²) in [4.78, 5) is 22.6. The first kappa shape index (κ1) is 22.5. The van der Waals surface area contributed by atoms with Gasteiger partial charge in [0.05, 0.1) is 23.2 Å². The van der Waals surface area contributed by atoms with E-state index in [0.717, 1.165) is 6.42 Å². The Kier molecular flexibility index (Phi) is 7.90. The van der Waals surface area contributed by atoms with Gasteiger partial charge in [0, 0.05) is 18.1 Å². The summed E-state index contributed by atoms with van der Waals surface area (Å²) in [5, 5.41) is 29.1. The number of Topliss-reactive ketones (excluding diaryl/α,β-unsaturated/α-hetero) is 1. The zero-order valence-electron chi connectivity index (χ0n) is 16.2. The first-order chi connectivity index (χ1) is 13.8. The van der Waals surface area contributed by atoms with Crippen molar-refractivity contribution in [3.8, 4) is 23.0 Å². The van der Waals surface area contributed by atoms with Gasteiger partial charge in [-0.3, -0.25) is 4.79 Å². The van der Waals surface area contributed by atoms with Gasteiger partial charge >= 0.3 is 5.97 Å². The van der Waals surface area contributed by atoms with Gasteiger partial charge in [0.2, 0.25) is 0 Å². The van der Waals surface area contributed by atoms with Crippen LogP contribution in [0.5, 0.6) is 23.0 Å². The van der Waals surface area contributed by atoms with Crippen molar-refractivity contribution in [1.29, 1.82) is 0 Å². The zero-order chi connectivity index (χ0) is 21.6. The summed E-state index contributed by atoms with van der Waals surface area (Å²) in [6.07, 6.45) is 1.88. The lowest BCUT2D eigenvalue weighted by molar-refractivity contribution is 0.0693. The second-order valence-corrected chi connectivity index (χ2v) is 7.25. The van der Waals surface area contributed by atoms with E-state index < -0.39 is 5.97 Å². The van der Waals surface area contributed by atoms with E-state index in [1.165, 1.54) is 19.1 Å². The molecule has 0 saturated heterocycles. The van der Waals surface area contributed by atoms with Crippen LogP contribution in [0.1, 0.15) is 53.0 Å². The quantitative estimate of drug-likeness (QED) is 0.347. The van der Waals surface area contributed by atoms with Crippen LogP contribution in [0.4, 0.5) is 0 Å². The highest BCUT2D eigenvalue weighted by Crippen LogP contribution is 2.34. The third-order valence-corrected chi connectivity index (χ3v) is 4.82. The third kappa shape index (κ3) is 5.63. The molecule has 7 nitrogen and oxygen atoms in total. The Morgan fingerprint density at radius 3 is 2.28 bits per heavy atom. The summed E-state index contributed by atoms with van der Waals surface area (Å²) in [5.74, 6) is -1.00. The van der Waals surface area contributed by atoms with Gasteiger partial charge in [-0.15, -0.1) is 0 Å². The normalized spacial score (nSPS) is 10.6. The molecule has 0 radical (unpaired) electrons. The van der Waals surface area contributed by atoms with Gasteiger partial charge in [-0.1, -0.05) is 13.3 Å². The molecule has 0 unspecified atom stereocenters. The minimum absolute atomic E-state index is 0.0361. The molecule has 0 aliphatic carbocycles. The summed E-state index contributed by atoms with van der Waals surface area (Å²) in [6.45, 7) is 3.96.